The topological polar surface area (TPSA) is 140 Å². The van der Waals surface area contributed by atoms with E-state index in [1.165, 1.54) is 24.1 Å². The number of aromatic nitrogens is 2. The molecule has 4 aromatic rings. The molecule has 1 aromatic heterocycles. The fraction of sp³-hybridized carbons (Fsp3) is 0.107. The van der Waals surface area contributed by atoms with Crippen molar-refractivity contribution in [3.05, 3.63) is 118 Å². The van der Waals surface area contributed by atoms with Crippen molar-refractivity contribution in [2.24, 2.45) is 0 Å². The number of methoxy groups -OCH3 is 1. The van der Waals surface area contributed by atoms with Crippen LogP contribution in [0.5, 0.6) is 5.75 Å². The molecule has 5 rings (SSSR count). The van der Waals surface area contributed by atoms with Crippen molar-refractivity contribution in [1.29, 1.82) is 0 Å². The lowest BCUT2D eigenvalue weighted by molar-refractivity contribution is -0.385. The van der Waals surface area contributed by atoms with Crippen LogP contribution in [0.2, 0.25) is 0 Å². The molecule has 1 aliphatic heterocycles. The van der Waals surface area contributed by atoms with Gasteiger partial charge in [-0.25, -0.2) is 4.68 Å². The Balaban J connectivity index is 1.61. The highest BCUT2D eigenvalue weighted by atomic mass is 16.6. The second kappa shape index (κ2) is 10.5. The van der Waals surface area contributed by atoms with Crippen LogP contribution in [-0.4, -0.2) is 33.6 Å². The lowest BCUT2D eigenvalue weighted by Crippen LogP contribution is -2.32. The number of benzene rings is 3. The predicted octanol–water partition coefficient (Wildman–Crippen LogP) is 4.98. The number of nitrogens with one attached hydrogen (secondary N) is 3. The first-order valence-electron chi connectivity index (χ1n) is 12.0. The third-order valence-corrected chi connectivity index (χ3v) is 6.33. The monoisotopic (exact) mass is 524 g/mol. The molecule has 0 bridgehead atoms. The minimum Gasteiger partial charge on any atom is -0.495 e. The summed E-state index contributed by atoms with van der Waals surface area (Å²) >= 11 is 0. The van der Waals surface area contributed by atoms with Gasteiger partial charge >= 0.3 is 0 Å². The number of fused-ring (bicyclic) bond motifs is 1. The lowest BCUT2D eigenvalue weighted by Gasteiger charge is -2.30. The molecule has 3 aromatic carbocycles. The summed E-state index contributed by atoms with van der Waals surface area (Å²) in [6.45, 7) is 1.67. The predicted molar refractivity (Wildman–Crippen MR) is 146 cm³/mol. The van der Waals surface area contributed by atoms with Crippen LogP contribution in [0.25, 0.3) is 0 Å². The van der Waals surface area contributed by atoms with Crippen LogP contribution in [0.3, 0.4) is 0 Å². The van der Waals surface area contributed by atoms with Gasteiger partial charge in [0.15, 0.2) is 0 Å². The van der Waals surface area contributed by atoms with Gasteiger partial charge in [0, 0.05) is 17.5 Å². The van der Waals surface area contributed by atoms with Crippen molar-refractivity contribution in [2.75, 3.05) is 23.1 Å². The van der Waals surface area contributed by atoms with Crippen molar-refractivity contribution >= 4 is 34.7 Å². The Morgan fingerprint density at radius 3 is 2.41 bits per heavy atom. The van der Waals surface area contributed by atoms with Gasteiger partial charge in [-0.1, -0.05) is 42.5 Å². The molecule has 1 aliphatic rings. The summed E-state index contributed by atoms with van der Waals surface area (Å²) in [5, 5.41) is 25.2. The van der Waals surface area contributed by atoms with E-state index in [4.69, 9.17) is 4.74 Å². The van der Waals surface area contributed by atoms with Crippen LogP contribution in [0.15, 0.2) is 96.3 Å². The van der Waals surface area contributed by atoms with Gasteiger partial charge in [-0.05, 0) is 37.3 Å². The van der Waals surface area contributed by atoms with Gasteiger partial charge in [0.1, 0.15) is 23.2 Å². The minimum absolute atomic E-state index is 0.184. The van der Waals surface area contributed by atoms with Crippen LogP contribution >= 0.6 is 0 Å². The second-order valence-corrected chi connectivity index (χ2v) is 8.71. The molecule has 0 aliphatic carbocycles. The van der Waals surface area contributed by atoms with Crippen LogP contribution in [0.4, 0.5) is 22.9 Å². The zero-order chi connectivity index (χ0) is 27.5. The average Bonchev–Trinajstić information content (AvgIpc) is 3.36. The Kier molecular flexibility index (Phi) is 6.79. The van der Waals surface area contributed by atoms with Gasteiger partial charge in [0.25, 0.3) is 17.5 Å². The molecule has 0 saturated heterocycles. The third-order valence-electron chi connectivity index (χ3n) is 6.33. The maximum atomic E-state index is 13.7. The number of nitro benzene ring substituents is 1. The fourth-order valence-electron chi connectivity index (χ4n) is 4.55. The number of hydrogen-bond acceptors (Lipinski definition) is 7. The molecular formula is C28H24N6O5. The number of rotatable bonds is 7. The van der Waals surface area contributed by atoms with E-state index in [0.717, 1.165) is 0 Å². The molecule has 39 heavy (non-hydrogen) atoms. The van der Waals surface area contributed by atoms with Crippen molar-refractivity contribution in [3.8, 4) is 5.75 Å². The van der Waals surface area contributed by atoms with E-state index in [9.17, 15) is 19.7 Å². The van der Waals surface area contributed by atoms with E-state index >= 15 is 0 Å². The first-order chi connectivity index (χ1) is 18.9. The Labute approximate surface area is 223 Å². The molecule has 0 unspecified atom stereocenters. The standard InChI is InChI=1S/C28H24N6O5/c1-17-24(28(36)32-21-13-7-9-15-23(21)39-2)25(19-12-6-8-14-22(19)34(37)38)33-26(30-17)20(16-29-33)27(35)31-18-10-4-3-5-11-18/h3-16,25,30H,1-2H3,(H,31,35)(H,32,36)/t25-/m0/s1. The molecular weight excluding hydrogens is 500 g/mol. The molecule has 0 radical (unpaired) electrons. The number of nitrogens with zero attached hydrogens (tertiary/aromatic N) is 3. The van der Waals surface area contributed by atoms with Gasteiger partial charge in [-0.15, -0.1) is 0 Å². The summed E-state index contributed by atoms with van der Waals surface area (Å²) in [7, 11) is 1.49. The van der Waals surface area contributed by atoms with E-state index in [1.54, 1.807) is 73.7 Å². The Hall–Kier alpha value is -5.45. The van der Waals surface area contributed by atoms with Crippen LogP contribution in [-0.2, 0) is 4.79 Å². The molecule has 2 heterocycles. The summed E-state index contributed by atoms with van der Waals surface area (Å²) < 4.78 is 6.78. The average molecular weight is 525 g/mol. The molecule has 3 N–H and O–H groups in total. The second-order valence-electron chi connectivity index (χ2n) is 8.71. The SMILES string of the molecule is COc1ccccc1NC(=O)C1=C(C)Nc2c(C(=O)Nc3ccccc3)cnn2[C@H]1c1ccccc1[N+](=O)[O-]. The number of anilines is 3. The summed E-state index contributed by atoms with van der Waals surface area (Å²) in [5.74, 6) is -0.178. The zero-order valence-electron chi connectivity index (χ0n) is 21.0. The van der Waals surface area contributed by atoms with Crippen LogP contribution in [0.1, 0.15) is 28.9 Å². The first kappa shape index (κ1) is 25.2. The van der Waals surface area contributed by atoms with E-state index in [1.807, 2.05) is 6.07 Å². The van der Waals surface area contributed by atoms with Gasteiger partial charge in [0.2, 0.25) is 0 Å². The van der Waals surface area contributed by atoms with Gasteiger partial charge in [-0.2, -0.15) is 5.10 Å². The summed E-state index contributed by atoms with van der Waals surface area (Å²) in [5.41, 5.74) is 1.90. The molecule has 1 atom stereocenters. The van der Waals surface area contributed by atoms with Crippen LogP contribution < -0.4 is 20.7 Å². The van der Waals surface area contributed by atoms with Gasteiger partial charge in [0.05, 0.1) is 35.1 Å². The Morgan fingerprint density at radius 1 is 0.974 bits per heavy atom. The van der Waals surface area contributed by atoms with Crippen LogP contribution in [0, 0.1) is 10.1 Å². The summed E-state index contributed by atoms with van der Waals surface area (Å²) in [6.07, 6.45) is 1.37. The maximum absolute atomic E-state index is 13.7. The smallest absolute Gasteiger partial charge is 0.275 e. The maximum Gasteiger partial charge on any atom is 0.275 e. The first-order valence-corrected chi connectivity index (χ1v) is 12.0. The Morgan fingerprint density at radius 2 is 1.67 bits per heavy atom. The quantitative estimate of drug-likeness (QED) is 0.229. The number of allylic oxidation sites excluding steroid dienone is 1. The molecule has 0 saturated carbocycles. The number of nitro groups is 1. The molecule has 2 amide bonds. The number of hydrogen-bond donors (Lipinski definition) is 3. The molecule has 11 heteroatoms. The van der Waals surface area contributed by atoms with Crippen molar-refractivity contribution in [3.63, 3.8) is 0 Å². The highest BCUT2D eigenvalue weighted by molar-refractivity contribution is 6.10. The van der Waals surface area contributed by atoms with Crippen molar-refractivity contribution in [1.82, 2.24) is 9.78 Å². The van der Waals surface area contributed by atoms with Crippen molar-refractivity contribution in [2.45, 2.75) is 13.0 Å². The van der Waals surface area contributed by atoms with Gasteiger partial charge in [-0.3, -0.25) is 19.7 Å². The molecule has 0 spiro atoms. The molecule has 11 nitrogen and oxygen atoms in total. The van der Waals surface area contributed by atoms with E-state index in [2.05, 4.69) is 21.0 Å². The molecule has 196 valence electrons. The molecule has 0 fully saturated rings. The largest absolute Gasteiger partial charge is 0.495 e. The van der Waals surface area contributed by atoms with E-state index in [-0.39, 0.29) is 22.4 Å². The summed E-state index contributed by atoms with van der Waals surface area (Å²) in [4.78, 5) is 38.4. The minimum atomic E-state index is -1.00. The summed E-state index contributed by atoms with van der Waals surface area (Å²) in [6, 6.07) is 21.0. The number of para-hydroxylation sites is 4. The number of carbonyl (C=O) groups excluding carboxylic acids is 2. The Bertz CT molecular complexity index is 1610. The van der Waals surface area contributed by atoms with E-state index < -0.39 is 22.8 Å². The third kappa shape index (κ3) is 4.80. The number of ether oxygens (including phenoxy) is 1. The number of carbonyl (C=O) groups is 2. The normalized spacial score (nSPS) is 14.2. The highest BCUT2D eigenvalue weighted by Gasteiger charge is 2.38. The zero-order valence-corrected chi connectivity index (χ0v) is 21.0. The van der Waals surface area contributed by atoms with Gasteiger partial charge < -0.3 is 20.7 Å². The fourth-order valence-corrected chi connectivity index (χ4v) is 4.55. The van der Waals surface area contributed by atoms with E-state index in [0.29, 0.717) is 28.6 Å². The number of amides is 2. The highest BCUT2D eigenvalue weighted by Crippen LogP contribution is 2.41. The lowest BCUT2D eigenvalue weighted by atomic mass is 9.93. The van der Waals surface area contributed by atoms with Crippen molar-refractivity contribution < 1.29 is 19.2 Å².